The summed E-state index contributed by atoms with van der Waals surface area (Å²) in [5.74, 6) is 2.36. The lowest BCUT2D eigenvalue weighted by Gasteiger charge is -2.24. The summed E-state index contributed by atoms with van der Waals surface area (Å²) in [5.41, 5.74) is 1.16. The lowest BCUT2D eigenvalue weighted by atomic mass is 10.1. The summed E-state index contributed by atoms with van der Waals surface area (Å²) in [6, 6.07) is 7.74. The topological polar surface area (TPSA) is 75.9 Å². The minimum atomic E-state index is 0.202. The van der Waals surface area contributed by atoms with Crippen molar-refractivity contribution < 1.29 is 9.47 Å². The van der Waals surface area contributed by atoms with Crippen LogP contribution >= 0.6 is 0 Å². The van der Waals surface area contributed by atoms with Crippen molar-refractivity contribution in [1.82, 2.24) is 25.3 Å². The van der Waals surface area contributed by atoms with Crippen LogP contribution in [0.1, 0.15) is 11.6 Å². The fourth-order valence-corrected chi connectivity index (χ4v) is 2.64. The van der Waals surface area contributed by atoms with E-state index in [1.807, 2.05) is 48.4 Å². The minimum Gasteiger partial charge on any atom is -0.497 e. The van der Waals surface area contributed by atoms with Crippen molar-refractivity contribution in [2.45, 2.75) is 6.04 Å². The Hall–Kier alpha value is -2.74. The van der Waals surface area contributed by atoms with Crippen molar-refractivity contribution in [3.05, 3.63) is 42.2 Å². The van der Waals surface area contributed by atoms with Crippen LogP contribution in [0, 0.1) is 0 Å². The molecule has 27 heavy (non-hydrogen) atoms. The highest BCUT2D eigenvalue weighted by Gasteiger charge is 2.16. The number of aryl methyl sites for hydroxylation is 1. The fourth-order valence-electron chi connectivity index (χ4n) is 2.64. The number of likely N-dealkylation sites (N-methyl/N-ethyl adjacent to an activating group) is 1. The van der Waals surface area contributed by atoms with Crippen molar-refractivity contribution in [2.75, 3.05) is 47.9 Å². The monoisotopic (exact) mass is 374 g/mol. The molecule has 8 nitrogen and oxygen atoms in total. The first-order valence-corrected chi connectivity index (χ1v) is 8.89. The average molecular weight is 374 g/mol. The van der Waals surface area contributed by atoms with Gasteiger partial charge in [0.1, 0.15) is 18.1 Å². The van der Waals surface area contributed by atoms with Gasteiger partial charge in [-0.25, -0.2) is 0 Å². The van der Waals surface area contributed by atoms with E-state index in [9.17, 15) is 0 Å². The van der Waals surface area contributed by atoms with E-state index in [-0.39, 0.29) is 6.04 Å². The maximum absolute atomic E-state index is 5.72. The van der Waals surface area contributed by atoms with Crippen LogP contribution < -0.4 is 20.1 Å². The Balaban J connectivity index is 1.75. The maximum Gasteiger partial charge on any atom is 0.191 e. The Morgan fingerprint density at radius 1 is 1.22 bits per heavy atom. The molecule has 2 rings (SSSR count). The highest BCUT2D eigenvalue weighted by atomic mass is 16.5. The second kappa shape index (κ2) is 10.4. The molecule has 1 aromatic heterocycles. The van der Waals surface area contributed by atoms with E-state index in [1.54, 1.807) is 14.2 Å². The number of hydrogen-bond donors (Lipinski definition) is 2. The zero-order valence-corrected chi connectivity index (χ0v) is 16.8. The van der Waals surface area contributed by atoms with Gasteiger partial charge in [-0.3, -0.25) is 9.67 Å². The molecule has 148 valence electrons. The van der Waals surface area contributed by atoms with Gasteiger partial charge in [0.2, 0.25) is 0 Å². The van der Waals surface area contributed by atoms with E-state index in [2.05, 4.69) is 39.7 Å². The molecular weight excluding hydrogens is 344 g/mol. The third-order valence-corrected chi connectivity index (χ3v) is 4.14. The Bertz CT molecular complexity index is 711. The van der Waals surface area contributed by atoms with Gasteiger partial charge in [-0.15, -0.1) is 0 Å². The molecule has 2 N–H and O–H groups in total. The first-order valence-electron chi connectivity index (χ1n) is 8.89. The number of methoxy groups -OCH3 is 1. The molecule has 0 bridgehead atoms. The van der Waals surface area contributed by atoms with Crippen molar-refractivity contribution in [3.8, 4) is 11.5 Å². The fraction of sp³-hybridized carbons (Fsp3) is 0.474. The molecule has 0 aliphatic rings. The lowest BCUT2D eigenvalue weighted by molar-refractivity contribution is 0.297. The molecule has 1 aromatic carbocycles. The van der Waals surface area contributed by atoms with Gasteiger partial charge in [0.25, 0.3) is 0 Å². The predicted molar refractivity (Wildman–Crippen MR) is 107 cm³/mol. The van der Waals surface area contributed by atoms with E-state index in [0.29, 0.717) is 13.2 Å². The van der Waals surface area contributed by atoms with Crippen LogP contribution in [0.4, 0.5) is 0 Å². The Morgan fingerprint density at radius 3 is 2.48 bits per heavy atom. The lowest BCUT2D eigenvalue weighted by Crippen LogP contribution is -2.42. The van der Waals surface area contributed by atoms with Crippen LogP contribution in [0.25, 0.3) is 0 Å². The molecule has 0 saturated carbocycles. The summed E-state index contributed by atoms with van der Waals surface area (Å²) >= 11 is 0. The standard InChI is InChI=1S/C19H30N6O2/c1-20-19(21-10-11-27-17-8-6-16(26-5)7-9-17)22-13-18(24(2)3)15-12-23-25(4)14-15/h6-9,12,14,18H,10-11,13H2,1-5H3,(H2,20,21,22). The molecule has 0 fully saturated rings. The predicted octanol–water partition coefficient (Wildman–Crippen LogP) is 1.28. The van der Waals surface area contributed by atoms with Crippen molar-refractivity contribution >= 4 is 5.96 Å². The Morgan fingerprint density at radius 2 is 1.93 bits per heavy atom. The zero-order chi connectivity index (χ0) is 19.6. The van der Waals surface area contributed by atoms with Gasteiger partial charge in [0, 0.05) is 32.4 Å². The number of nitrogens with zero attached hydrogens (tertiary/aromatic N) is 4. The molecule has 0 amide bonds. The van der Waals surface area contributed by atoms with E-state index in [0.717, 1.165) is 29.6 Å². The van der Waals surface area contributed by atoms with Gasteiger partial charge < -0.3 is 25.0 Å². The van der Waals surface area contributed by atoms with Gasteiger partial charge in [0.05, 0.1) is 25.9 Å². The zero-order valence-electron chi connectivity index (χ0n) is 16.8. The molecule has 2 aromatic rings. The largest absolute Gasteiger partial charge is 0.497 e. The van der Waals surface area contributed by atoms with E-state index < -0.39 is 0 Å². The number of aromatic nitrogens is 2. The molecule has 1 atom stereocenters. The van der Waals surface area contributed by atoms with Crippen LogP contribution in [-0.2, 0) is 7.05 Å². The summed E-state index contributed by atoms with van der Waals surface area (Å²) in [6.45, 7) is 1.90. The molecule has 8 heteroatoms. The van der Waals surface area contributed by atoms with Gasteiger partial charge in [-0.1, -0.05) is 0 Å². The average Bonchev–Trinajstić information content (AvgIpc) is 3.09. The second-order valence-corrected chi connectivity index (χ2v) is 6.33. The smallest absolute Gasteiger partial charge is 0.191 e. The molecule has 1 unspecified atom stereocenters. The van der Waals surface area contributed by atoms with Crippen LogP contribution in [0.2, 0.25) is 0 Å². The molecule has 1 heterocycles. The Labute approximate surface area is 161 Å². The number of benzene rings is 1. The highest BCUT2D eigenvalue weighted by molar-refractivity contribution is 5.79. The van der Waals surface area contributed by atoms with Gasteiger partial charge in [-0.05, 0) is 38.4 Å². The number of hydrogen-bond acceptors (Lipinski definition) is 5. The summed E-state index contributed by atoms with van der Waals surface area (Å²) in [6.07, 6.45) is 3.93. The van der Waals surface area contributed by atoms with Crippen LogP contribution in [0.5, 0.6) is 11.5 Å². The second-order valence-electron chi connectivity index (χ2n) is 6.33. The van der Waals surface area contributed by atoms with E-state index >= 15 is 0 Å². The van der Waals surface area contributed by atoms with E-state index in [1.165, 1.54) is 0 Å². The summed E-state index contributed by atoms with van der Waals surface area (Å²) in [5, 5.41) is 10.9. The molecule has 0 radical (unpaired) electrons. The van der Waals surface area contributed by atoms with Gasteiger partial charge >= 0.3 is 0 Å². The number of nitrogens with one attached hydrogen (secondary N) is 2. The SMILES string of the molecule is CN=C(NCCOc1ccc(OC)cc1)NCC(c1cnn(C)c1)N(C)C. The number of rotatable bonds is 9. The molecule has 0 saturated heterocycles. The van der Waals surface area contributed by atoms with Crippen LogP contribution in [0.3, 0.4) is 0 Å². The van der Waals surface area contributed by atoms with Gasteiger partial charge in [-0.2, -0.15) is 5.10 Å². The number of ether oxygens (including phenoxy) is 2. The van der Waals surface area contributed by atoms with E-state index in [4.69, 9.17) is 9.47 Å². The molecule has 0 aliphatic heterocycles. The Kier molecular flexibility index (Phi) is 7.94. The third-order valence-electron chi connectivity index (χ3n) is 4.14. The minimum absolute atomic E-state index is 0.202. The maximum atomic E-state index is 5.72. The molecule has 0 aliphatic carbocycles. The van der Waals surface area contributed by atoms with Crippen molar-refractivity contribution in [2.24, 2.45) is 12.0 Å². The third kappa shape index (κ3) is 6.49. The summed E-state index contributed by atoms with van der Waals surface area (Å²) < 4.78 is 12.7. The summed E-state index contributed by atoms with van der Waals surface area (Å²) in [7, 11) is 9.44. The molecular formula is C19H30N6O2. The van der Waals surface area contributed by atoms with Crippen LogP contribution in [-0.4, -0.2) is 68.6 Å². The first kappa shape index (κ1) is 20.6. The highest BCUT2D eigenvalue weighted by Crippen LogP contribution is 2.17. The quantitative estimate of drug-likeness (QED) is 0.391. The number of aliphatic imine (C=N–C) groups is 1. The normalized spacial score (nSPS) is 12.7. The summed E-state index contributed by atoms with van der Waals surface area (Å²) in [4.78, 5) is 6.43. The van der Waals surface area contributed by atoms with Crippen LogP contribution in [0.15, 0.2) is 41.7 Å². The molecule has 0 spiro atoms. The first-order chi connectivity index (χ1) is 13.0. The van der Waals surface area contributed by atoms with Gasteiger partial charge in [0.15, 0.2) is 5.96 Å². The van der Waals surface area contributed by atoms with Crippen molar-refractivity contribution in [1.29, 1.82) is 0 Å². The van der Waals surface area contributed by atoms with Crippen molar-refractivity contribution in [3.63, 3.8) is 0 Å². The number of guanidine groups is 1.